The largest absolute Gasteiger partial charge is 0.314 e. The van der Waals surface area contributed by atoms with Crippen molar-refractivity contribution >= 4 is 0 Å². The molecule has 0 saturated heterocycles. The van der Waals surface area contributed by atoms with Crippen molar-refractivity contribution in [2.24, 2.45) is 0 Å². The van der Waals surface area contributed by atoms with E-state index in [1.165, 1.54) is 50.6 Å². The lowest BCUT2D eigenvalue weighted by Gasteiger charge is -2.38. The molecular formula is C18H30N2. The van der Waals surface area contributed by atoms with Gasteiger partial charge in [0, 0.05) is 18.6 Å². The second kappa shape index (κ2) is 7.80. The SMILES string of the molecule is CCN(CCC1(NC)CCCCC1)Cc1ccccc1. The molecule has 112 valence electrons. The zero-order valence-electron chi connectivity index (χ0n) is 13.2. The maximum atomic E-state index is 3.63. The minimum absolute atomic E-state index is 0.405. The molecule has 1 aliphatic carbocycles. The van der Waals surface area contributed by atoms with Gasteiger partial charge >= 0.3 is 0 Å². The van der Waals surface area contributed by atoms with Gasteiger partial charge in [0.2, 0.25) is 0 Å². The fourth-order valence-electron chi connectivity index (χ4n) is 3.42. The van der Waals surface area contributed by atoms with Crippen LogP contribution in [0.15, 0.2) is 30.3 Å². The van der Waals surface area contributed by atoms with Crippen LogP contribution in [0.1, 0.15) is 51.0 Å². The topological polar surface area (TPSA) is 15.3 Å². The molecule has 0 bridgehead atoms. The lowest BCUT2D eigenvalue weighted by molar-refractivity contribution is 0.182. The number of rotatable bonds is 7. The predicted octanol–water partition coefficient (Wildman–Crippen LogP) is 3.82. The van der Waals surface area contributed by atoms with Gasteiger partial charge in [-0.2, -0.15) is 0 Å². The summed E-state index contributed by atoms with van der Waals surface area (Å²) in [6.07, 6.45) is 8.20. The van der Waals surface area contributed by atoms with Gasteiger partial charge in [-0.3, -0.25) is 4.90 Å². The van der Waals surface area contributed by atoms with Crippen LogP contribution < -0.4 is 5.32 Å². The second-order valence-corrected chi connectivity index (χ2v) is 6.20. The van der Waals surface area contributed by atoms with Crippen LogP contribution in [-0.2, 0) is 6.54 Å². The number of nitrogens with zero attached hydrogens (tertiary/aromatic N) is 1. The third-order valence-electron chi connectivity index (χ3n) is 4.94. The fraction of sp³-hybridized carbons (Fsp3) is 0.667. The van der Waals surface area contributed by atoms with Gasteiger partial charge in [0.15, 0.2) is 0 Å². The lowest BCUT2D eigenvalue weighted by Crippen LogP contribution is -2.47. The number of nitrogens with one attached hydrogen (secondary N) is 1. The van der Waals surface area contributed by atoms with Crippen LogP contribution in [0, 0.1) is 0 Å². The van der Waals surface area contributed by atoms with E-state index in [1.807, 2.05) is 0 Å². The van der Waals surface area contributed by atoms with Crippen molar-refractivity contribution in [3.05, 3.63) is 35.9 Å². The Bertz CT molecular complexity index is 368. The molecule has 0 spiro atoms. The molecule has 1 aromatic rings. The Kier molecular flexibility index (Phi) is 6.06. The Hall–Kier alpha value is -0.860. The summed E-state index contributed by atoms with van der Waals surface area (Å²) in [6.45, 7) is 5.69. The molecule has 0 radical (unpaired) electrons. The first-order chi connectivity index (χ1) is 9.78. The van der Waals surface area contributed by atoms with Crippen molar-refractivity contribution in [1.82, 2.24) is 10.2 Å². The van der Waals surface area contributed by atoms with Crippen molar-refractivity contribution in [2.45, 2.75) is 57.5 Å². The second-order valence-electron chi connectivity index (χ2n) is 6.20. The first-order valence-corrected chi connectivity index (χ1v) is 8.23. The Morgan fingerprint density at radius 3 is 2.40 bits per heavy atom. The average molecular weight is 274 g/mol. The molecule has 1 fully saturated rings. The number of hydrogen-bond donors (Lipinski definition) is 1. The normalized spacial score (nSPS) is 18.4. The summed E-state index contributed by atoms with van der Waals surface area (Å²) in [5.74, 6) is 0. The Balaban J connectivity index is 1.86. The quantitative estimate of drug-likeness (QED) is 0.813. The minimum atomic E-state index is 0.405. The molecule has 0 aromatic heterocycles. The van der Waals surface area contributed by atoms with Crippen molar-refractivity contribution in [2.75, 3.05) is 20.1 Å². The molecular weight excluding hydrogens is 244 g/mol. The van der Waals surface area contributed by atoms with Crippen molar-refractivity contribution in [3.63, 3.8) is 0 Å². The van der Waals surface area contributed by atoms with Gasteiger partial charge in [0.05, 0.1) is 0 Å². The van der Waals surface area contributed by atoms with Crippen LogP contribution in [0.4, 0.5) is 0 Å². The van der Waals surface area contributed by atoms with Crippen LogP contribution >= 0.6 is 0 Å². The zero-order valence-corrected chi connectivity index (χ0v) is 13.2. The highest BCUT2D eigenvalue weighted by atomic mass is 15.1. The van der Waals surface area contributed by atoms with Crippen LogP contribution in [0.25, 0.3) is 0 Å². The minimum Gasteiger partial charge on any atom is -0.314 e. The standard InChI is InChI=1S/C18H30N2/c1-3-20(16-17-10-6-4-7-11-17)15-14-18(19-2)12-8-5-9-13-18/h4,6-7,10-11,19H,3,5,8-9,12-16H2,1-2H3. The molecule has 0 atom stereocenters. The van der Waals surface area contributed by atoms with Crippen LogP contribution in [0.2, 0.25) is 0 Å². The summed E-state index contributed by atoms with van der Waals surface area (Å²) in [6, 6.07) is 10.8. The van der Waals surface area contributed by atoms with E-state index in [4.69, 9.17) is 0 Å². The van der Waals surface area contributed by atoms with Gasteiger partial charge in [0.1, 0.15) is 0 Å². The third-order valence-corrected chi connectivity index (χ3v) is 4.94. The first-order valence-electron chi connectivity index (χ1n) is 8.23. The Morgan fingerprint density at radius 2 is 1.80 bits per heavy atom. The molecule has 1 saturated carbocycles. The van der Waals surface area contributed by atoms with E-state index in [1.54, 1.807) is 0 Å². The summed E-state index contributed by atoms with van der Waals surface area (Å²) in [4.78, 5) is 2.57. The van der Waals surface area contributed by atoms with Gasteiger partial charge in [0.25, 0.3) is 0 Å². The fourth-order valence-corrected chi connectivity index (χ4v) is 3.42. The zero-order chi connectivity index (χ0) is 14.3. The molecule has 2 rings (SSSR count). The van der Waals surface area contributed by atoms with Crippen LogP contribution in [0.5, 0.6) is 0 Å². The van der Waals surface area contributed by atoms with Crippen molar-refractivity contribution in [3.8, 4) is 0 Å². The predicted molar refractivity (Wildman–Crippen MR) is 86.9 cm³/mol. The Labute approximate surface area is 124 Å². The van der Waals surface area contributed by atoms with Gasteiger partial charge in [-0.05, 0) is 38.4 Å². The van der Waals surface area contributed by atoms with Gasteiger partial charge in [-0.1, -0.05) is 56.5 Å². The highest BCUT2D eigenvalue weighted by Crippen LogP contribution is 2.30. The molecule has 2 nitrogen and oxygen atoms in total. The molecule has 1 aliphatic rings. The van der Waals surface area contributed by atoms with E-state index in [2.05, 4.69) is 54.5 Å². The summed E-state index contributed by atoms with van der Waals surface area (Å²) in [7, 11) is 2.15. The van der Waals surface area contributed by atoms with E-state index in [0.717, 1.165) is 13.1 Å². The van der Waals surface area contributed by atoms with E-state index in [9.17, 15) is 0 Å². The molecule has 0 aliphatic heterocycles. The van der Waals surface area contributed by atoms with E-state index >= 15 is 0 Å². The average Bonchev–Trinajstić information content (AvgIpc) is 2.53. The highest BCUT2D eigenvalue weighted by Gasteiger charge is 2.30. The summed E-state index contributed by atoms with van der Waals surface area (Å²) < 4.78 is 0. The van der Waals surface area contributed by atoms with Crippen LogP contribution in [-0.4, -0.2) is 30.6 Å². The molecule has 0 heterocycles. The molecule has 1 aromatic carbocycles. The maximum absolute atomic E-state index is 3.63. The van der Waals surface area contributed by atoms with E-state index in [0.29, 0.717) is 5.54 Å². The first kappa shape index (κ1) is 15.5. The number of benzene rings is 1. The van der Waals surface area contributed by atoms with Gasteiger partial charge < -0.3 is 5.32 Å². The lowest BCUT2D eigenvalue weighted by atomic mass is 9.79. The van der Waals surface area contributed by atoms with Gasteiger partial charge in [-0.25, -0.2) is 0 Å². The smallest absolute Gasteiger partial charge is 0.0233 e. The molecule has 1 N–H and O–H groups in total. The highest BCUT2D eigenvalue weighted by molar-refractivity contribution is 5.14. The monoisotopic (exact) mass is 274 g/mol. The van der Waals surface area contributed by atoms with Gasteiger partial charge in [-0.15, -0.1) is 0 Å². The summed E-state index contributed by atoms with van der Waals surface area (Å²) in [5, 5.41) is 3.63. The molecule has 0 amide bonds. The number of hydrogen-bond acceptors (Lipinski definition) is 2. The van der Waals surface area contributed by atoms with Crippen molar-refractivity contribution < 1.29 is 0 Å². The summed E-state index contributed by atoms with van der Waals surface area (Å²) in [5.41, 5.74) is 1.83. The van der Waals surface area contributed by atoms with E-state index < -0.39 is 0 Å². The van der Waals surface area contributed by atoms with Crippen molar-refractivity contribution in [1.29, 1.82) is 0 Å². The van der Waals surface area contributed by atoms with Crippen LogP contribution in [0.3, 0.4) is 0 Å². The molecule has 0 unspecified atom stereocenters. The molecule has 2 heteroatoms. The summed E-state index contributed by atoms with van der Waals surface area (Å²) >= 11 is 0. The molecule has 20 heavy (non-hydrogen) atoms. The maximum Gasteiger partial charge on any atom is 0.0233 e. The van der Waals surface area contributed by atoms with E-state index in [-0.39, 0.29) is 0 Å². The Morgan fingerprint density at radius 1 is 1.10 bits per heavy atom. The third kappa shape index (κ3) is 4.32.